The molecule has 0 unspecified atom stereocenters. The van der Waals surface area contributed by atoms with Gasteiger partial charge in [0.2, 0.25) is 0 Å². The summed E-state index contributed by atoms with van der Waals surface area (Å²) < 4.78 is 0. The van der Waals surface area contributed by atoms with Gasteiger partial charge >= 0.3 is 0 Å². The second-order valence-corrected chi connectivity index (χ2v) is 5.06. The van der Waals surface area contributed by atoms with Crippen molar-refractivity contribution in [2.24, 2.45) is 5.73 Å². The molecule has 0 saturated heterocycles. The fourth-order valence-electron chi connectivity index (χ4n) is 2.15. The summed E-state index contributed by atoms with van der Waals surface area (Å²) in [5, 5.41) is 8.99. The van der Waals surface area contributed by atoms with Crippen molar-refractivity contribution in [3.05, 3.63) is 23.9 Å². The Morgan fingerprint density at radius 3 is 2.89 bits per heavy atom. The van der Waals surface area contributed by atoms with Crippen molar-refractivity contribution in [3.8, 4) is 0 Å². The van der Waals surface area contributed by atoms with Crippen molar-refractivity contribution in [2.45, 2.75) is 31.7 Å². The number of hydrogen-bond donors (Lipinski definition) is 2. The van der Waals surface area contributed by atoms with Crippen LogP contribution < -0.4 is 10.6 Å². The van der Waals surface area contributed by atoms with Gasteiger partial charge in [-0.3, -0.25) is 0 Å². The Bertz CT molecular complexity index is 420. The van der Waals surface area contributed by atoms with Crippen molar-refractivity contribution >= 4 is 23.0 Å². The van der Waals surface area contributed by atoms with Crippen LogP contribution in [0.15, 0.2) is 18.3 Å². The van der Waals surface area contributed by atoms with Crippen molar-refractivity contribution in [3.63, 3.8) is 0 Å². The molecule has 1 heterocycles. The van der Waals surface area contributed by atoms with E-state index in [9.17, 15) is 0 Å². The molecule has 18 heavy (non-hydrogen) atoms. The third-order valence-electron chi connectivity index (χ3n) is 3.40. The SMILES string of the molecule is NC(=S)c1ccnc(N(CCCO)C2CCC2)c1. The number of thiocarbonyl (C=S) groups is 1. The maximum absolute atomic E-state index is 8.99. The number of aliphatic hydroxyl groups is 1. The summed E-state index contributed by atoms with van der Waals surface area (Å²) in [7, 11) is 0. The number of nitrogens with two attached hydrogens (primary N) is 1. The van der Waals surface area contributed by atoms with Gasteiger partial charge in [-0.15, -0.1) is 0 Å². The van der Waals surface area contributed by atoms with E-state index in [1.54, 1.807) is 6.20 Å². The highest BCUT2D eigenvalue weighted by molar-refractivity contribution is 7.80. The van der Waals surface area contributed by atoms with Gasteiger partial charge in [0.25, 0.3) is 0 Å². The molecule has 1 aliphatic rings. The van der Waals surface area contributed by atoms with Gasteiger partial charge in [0.15, 0.2) is 0 Å². The Hall–Kier alpha value is -1.20. The molecule has 1 aromatic rings. The Kier molecular flexibility index (Phi) is 4.49. The third kappa shape index (κ3) is 2.97. The number of nitrogens with zero attached hydrogens (tertiary/aromatic N) is 2. The molecule has 0 bridgehead atoms. The molecular formula is C13H19N3OS. The lowest BCUT2D eigenvalue weighted by molar-refractivity contribution is 0.282. The average molecular weight is 265 g/mol. The van der Waals surface area contributed by atoms with Crippen molar-refractivity contribution in [1.29, 1.82) is 0 Å². The van der Waals surface area contributed by atoms with Crippen molar-refractivity contribution in [1.82, 2.24) is 4.98 Å². The third-order valence-corrected chi connectivity index (χ3v) is 3.63. The highest BCUT2D eigenvalue weighted by Crippen LogP contribution is 2.28. The molecule has 2 rings (SSSR count). The van der Waals surface area contributed by atoms with Crippen LogP contribution in [-0.4, -0.2) is 34.3 Å². The summed E-state index contributed by atoms with van der Waals surface area (Å²) in [6.07, 6.45) is 6.17. The van der Waals surface area contributed by atoms with Gasteiger partial charge in [-0.2, -0.15) is 0 Å². The summed E-state index contributed by atoms with van der Waals surface area (Å²) in [5.41, 5.74) is 6.50. The van der Waals surface area contributed by atoms with Gasteiger partial charge in [0.1, 0.15) is 10.8 Å². The van der Waals surface area contributed by atoms with E-state index in [1.165, 1.54) is 19.3 Å². The normalized spacial score (nSPS) is 15.2. The maximum atomic E-state index is 8.99. The predicted molar refractivity (Wildman–Crippen MR) is 76.8 cm³/mol. The molecule has 0 amide bonds. The van der Waals surface area contributed by atoms with Crippen LogP contribution >= 0.6 is 12.2 Å². The first-order valence-electron chi connectivity index (χ1n) is 6.35. The zero-order chi connectivity index (χ0) is 13.0. The van der Waals surface area contributed by atoms with E-state index >= 15 is 0 Å². The Labute approximate surface area is 113 Å². The van der Waals surface area contributed by atoms with E-state index in [4.69, 9.17) is 23.1 Å². The number of aromatic nitrogens is 1. The lowest BCUT2D eigenvalue weighted by Gasteiger charge is -2.38. The monoisotopic (exact) mass is 265 g/mol. The van der Waals surface area contributed by atoms with Gasteiger partial charge in [0, 0.05) is 31.0 Å². The average Bonchev–Trinajstić information content (AvgIpc) is 2.32. The van der Waals surface area contributed by atoms with Crippen molar-refractivity contribution < 1.29 is 5.11 Å². The van der Waals surface area contributed by atoms with Crippen LogP contribution in [0.2, 0.25) is 0 Å². The highest BCUT2D eigenvalue weighted by atomic mass is 32.1. The molecule has 3 N–H and O–H groups in total. The van der Waals surface area contributed by atoms with Gasteiger partial charge in [-0.25, -0.2) is 4.98 Å². The summed E-state index contributed by atoms with van der Waals surface area (Å²) in [5.74, 6) is 0.915. The van der Waals surface area contributed by atoms with Crippen LogP contribution in [0.4, 0.5) is 5.82 Å². The van der Waals surface area contributed by atoms with Crippen LogP contribution in [0.3, 0.4) is 0 Å². The molecule has 0 atom stereocenters. The number of rotatable bonds is 6. The van der Waals surface area contributed by atoms with E-state index in [2.05, 4.69) is 9.88 Å². The fourth-order valence-corrected chi connectivity index (χ4v) is 2.28. The fraction of sp³-hybridized carbons (Fsp3) is 0.538. The smallest absolute Gasteiger partial charge is 0.129 e. The Balaban J connectivity index is 2.17. The first-order chi connectivity index (χ1) is 8.72. The molecule has 0 aliphatic heterocycles. The molecule has 0 radical (unpaired) electrons. The lowest BCUT2D eigenvalue weighted by atomic mass is 9.91. The summed E-state index contributed by atoms with van der Waals surface area (Å²) in [6, 6.07) is 4.32. The molecular weight excluding hydrogens is 246 g/mol. The molecule has 98 valence electrons. The molecule has 1 fully saturated rings. The number of pyridine rings is 1. The van der Waals surface area contributed by atoms with Gasteiger partial charge in [-0.05, 0) is 37.8 Å². The Morgan fingerprint density at radius 2 is 2.33 bits per heavy atom. The maximum Gasteiger partial charge on any atom is 0.129 e. The van der Waals surface area contributed by atoms with Crippen LogP contribution in [0.1, 0.15) is 31.2 Å². The minimum Gasteiger partial charge on any atom is -0.396 e. The van der Waals surface area contributed by atoms with Crippen LogP contribution in [0.5, 0.6) is 0 Å². The van der Waals surface area contributed by atoms with Gasteiger partial charge < -0.3 is 15.7 Å². The molecule has 5 heteroatoms. The molecule has 0 spiro atoms. The summed E-state index contributed by atoms with van der Waals surface area (Å²) in [4.78, 5) is 7.07. The lowest BCUT2D eigenvalue weighted by Crippen LogP contribution is -2.41. The van der Waals surface area contributed by atoms with Crippen LogP contribution in [0.25, 0.3) is 0 Å². The Morgan fingerprint density at radius 1 is 1.56 bits per heavy atom. The minimum absolute atomic E-state index is 0.207. The van der Waals surface area contributed by atoms with E-state index in [0.717, 1.165) is 24.3 Å². The molecule has 1 saturated carbocycles. The number of anilines is 1. The largest absolute Gasteiger partial charge is 0.396 e. The predicted octanol–water partition coefficient (Wildman–Crippen LogP) is 1.46. The van der Waals surface area contributed by atoms with E-state index in [0.29, 0.717) is 11.0 Å². The standard InChI is InChI=1S/C13H19N3OS/c14-13(18)10-5-6-15-12(9-10)16(7-2-8-17)11-3-1-4-11/h5-6,9,11,17H,1-4,7-8H2,(H2,14,18). The van der Waals surface area contributed by atoms with E-state index in [1.807, 2.05) is 12.1 Å². The highest BCUT2D eigenvalue weighted by Gasteiger charge is 2.25. The minimum atomic E-state index is 0.207. The first-order valence-corrected chi connectivity index (χ1v) is 6.76. The summed E-state index contributed by atoms with van der Waals surface area (Å²) >= 11 is 5.00. The molecule has 0 aromatic carbocycles. The van der Waals surface area contributed by atoms with E-state index in [-0.39, 0.29) is 6.61 Å². The summed E-state index contributed by atoms with van der Waals surface area (Å²) in [6.45, 7) is 1.03. The van der Waals surface area contributed by atoms with Crippen LogP contribution in [0, 0.1) is 0 Å². The molecule has 1 aromatic heterocycles. The van der Waals surface area contributed by atoms with E-state index < -0.39 is 0 Å². The zero-order valence-electron chi connectivity index (χ0n) is 10.4. The van der Waals surface area contributed by atoms with Gasteiger partial charge in [0.05, 0.1) is 0 Å². The second kappa shape index (κ2) is 6.11. The zero-order valence-corrected chi connectivity index (χ0v) is 11.2. The van der Waals surface area contributed by atoms with Crippen LogP contribution in [-0.2, 0) is 0 Å². The number of aliphatic hydroxyl groups excluding tert-OH is 1. The molecule has 1 aliphatic carbocycles. The quantitative estimate of drug-likeness (QED) is 0.762. The molecule has 4 nitrogen and oxygen atoms in total. The first kappa shape index (κ1) is 13.2. The second-order valence-electron chi connectivity index (χ2n) is 4.62. The van der Waals surface area contributed by atoms with Gasteiger partial charge in [-0.1, -0.05) is 12.2 Å². The van der Waals surface area contributed by atoms with Crippen molar-refractivity contribution in [2.75, 3.05) is 18.1 Å². The number of hydrogen-bond acceptors (Lipinski definition) is 4. The topological polar surface area (TPSA) is 62.4 Å².